The summed E-state index contributed by atoms with van der Waals surface area (Å²) in [7, 11) is 3.50. The molecule has 2 aromatic heterocycles. The van der Waals surface area contributed by atoms with E-state index in [0.29, 0.717) is 44.4 Å². The van der Waals surface area contributed by atoms with E-state index in [1.807, 2.05) is 0 Å². The Morgan fingerprint density at radius 3 is 2.77 bits per heavy atom. The van der Waals surface area contributed by atoms with Gasteiger partial charge in [-0.3, -0.25) is 15.0 Å². The standard InChI is InChI=1S/C16H22N4O4S2/c1-5-24-16(23)13-9(2)12-14(22)17-10(18-15(12)26-13)8-25-7-6-11(21)19-20(3)4/h5-8H2,1-4H3,(H,19,21)(H,17,18,22). The Labute approximate surface area is 159 Å². The summed E-state index contributed by atoms with van der Waals surface area (Å²) >= 11 is 2.67. The molecule has 0 spiro atoms. The predicted octanol–water partition coefficient (Wildman–Crippen LogP) is 1.69. The number of carbonyl (C=O) groups is 2. The average molecular weight is 399 g/mol. The molecule has 0 radical (unpaired) electrons. The van der Waals surface area contributed by atoms with Crippen LogP contribution in [0, 0.1) is 6.92 Å². The molecule has 0 bridgehead atoms. The Morgan fingerprint density at radius 2 is 2.12 bits per heavy atom. The van der Waals surface area contributed by atoms with Gasteiger partial charge in [-0.2, -0.15) is 11.8 Å². The molecule has 2 rings (SSSR count). The first kappa shape index (κ1) is 20.4. The number of nitrogens with zero attached hydrogens (tertiary/aromatic N) is 2. The number of aryl methyl sites for hydroxylation is 1. The Bertz CT molecular complexity index is 860. The van der Waals surface area contributed by atoms with Gasteiger partial charge in [-0.05, 0) is 19.4 Å². The normalized spacial score (nSPS) is 11.1. The van der Waals surface area contributed by atoms with Crippen molar-refractivity contribution in [1.29, 1.82) is 0 Å². The predicted molar refractivity (Wildman–Crippen MR) is 104 cm³/mol. The molecule has 0 unspecified atom stereocenters. The number of aromatic amines is 1. The zero-order valence-corrected chi connectivity index (χ0v) is 16.8. The number of aromatic nitrogens is 2. The van der Waals surface area contributed by atoms with E-state index in [2.05, 4.69) is 15.4 Å². The summed E-state index contributed by atoms with van der Waals surface area (Å²) in [6.45, 7) is 3.74. The molecule has 10 heteroatoms. The second-order valence-corrected chi connectivity index (χ2v) is 7.81. The van der Waals surface area contributed by atoms with Gasteiger partial charge in [-0.25, -0.2) is 14.8 Å². The van der Waals surface area contributed by atoms with Crippen LogP contribution in [0.5, 0.6) is 0 Å². The minimum absolute atomic E-state index is 0.0626. The number of ether oxygens (including phenoxy) is 1. The van der Waals surface area contributed by atoms with Crippen LogP contribution in [0.15, 0.2) is 4.79 Å². The van der Waals surface area contributed by atoms with Gasteiger partial charge < -0.3 is 9.72 Å². The van der Waals surface area contributed by atoms with Crippen molar-refractivity contribution in [2.75, 3.05) is 26.5 Å². The van der Waals surface area contributed by atoms with Crippen molar-refractivity contribution >= 4 is 45.2 Å². The highest BCUT2D eigenvalue weighted by atomic mass is 32.2. The summed E-state index contributed by atoms with van der Waals surface area (Å²) < 4.78 is 5.02. The Hall–Kier alpha value is -1.91. The average Bonchev–Trinajstić information content (AvgIpc) is 2.88. The summed E-state index contributed by atoms with van der Waals surface area (Å²) in [6.07, 6.45) is 0.375. The molecule has 0 aromatic carbocycles. The van der Waals surface area contributed by atoms with Crippen molar-refractivity contribution in [2.45, 2.75) is 26.0 Å². The third kappa shape index (κ3) is 5.05. The van der Waals surface area contributed by atoms with Crippen molar-refractivity contribution in [3.63, 3.8) is 0 Å². The van der Waals surface area contributed by atoms with Crippen molar-refractivity contribution in [1.82, 2.24) is 20.4 Å². The Kier molecular flexibility index (Phi) is 7.18. The summed E-state index contributed by atoms with van der Waals surface area (Å²) in [5, 5.41) is 2.03. The number of thiophene rings is 1. The molecule has 0 aliphatic carbocycles. The SMILES string of the molecule is CCOC(=O)c1sc2nc(CSCCC(=O)NN(C)C)[nH]c(=O)c2c1C. The van der Waals surface area contributed by atoms with Crippen molar-refractivity contribution < 1.29 is 14.3 Å². The third-order valence-corrected chi connectivity index (χ3v) is 5.51. The molecular formula is C16H22N4O4S2. The molecule has 0 fully saturated rings. The highest BCUT2D eigenvalue weighted by Crippen LogP contribution is 2.28. The maximum atomic E-state index is 12.4. The lowest BCUT2D eigenvalue weighted by atomic mass is 10.2. The number of hydrazine groups is 1. The van der Waals surface area contributed by atoms with Gasteiger partial charge in [-0.15, -0.1) is 11.3 Å². The number of nitrogens with one attached hydrogen (secondary N) is 2. The van der Waals surface area contributed by atoms with E-state index in [4.69, 9.17) is 4.74 Å². The largest absolute Gasteiger partial charge is 0.462 e. The van der Waals surface area contributed by atoms with Crippen LogP contribution in [0.4, 0.5) is 0 Å². The fourth-order valence-electron chi connectivity index (χ4n) is 2.29. The smallest absolute Gasteiger partial charge is 0.348 e. The monoisotopic (exact) mass is 398 g/mol. The van der Waals surface area contributed by atoms with Crippen LogP contribution in [0.25, 0.3) is 10.2 Å². The number of fused-ring (bicyclic) bond motifs is 1. The van der Waals surface area contributed by atoms with Crippen LogP contribution < -0.4 is 11.0 Å². The van der Waals surface area contributed by atoms with Gasteiger partial charge >= 0.3 is 5.97 Å². The van der Waals surface area contributed by atoms with Crippen LogP contribution in [0.2, 0.25) is 0 Å². The first-order valence-electron chi connectivity index (χ1n) is 8.07. The minimum Gasteiger partial charge on any atom is -0.462 e. The number of H-pyrrole nitrogens is 1. The second kappa shape index (κ2) is 9.15. The lowest BCUT2D eigenvalue weighted by Gasteiger charge is -2.11. The maximum Gasteiger partial charge on any atom is 0.348 e. The van der Waals surface area contributed by atoms with Crippen LogP contribution in [0.3, 0.4) is 0 Å². The number of carbonyl (C=O) groups excluding carboxylic acids is 2. The molecule has 0 aliphatic rings. The summed E-state index contributed by atoms with van der Waals surface area (Å²) in [5.74, 6) is 1.12. The van der Waals surface area contributed by atoms with Gasteiger partial charge in [-0.1, -0.05) is 0 Å². The van der Waals surface area contributed by atoms with Gasteiger partial charge in [0, 0.05) is 26.3 Å². The van der Waals surface area contributed by atoms with E-state index in [1.165, 1.54) is 23.1 Å². The Morgan fingerprint density at radius 1 is 1.38 bits per heavy atom. The number of rotatable bonds is 8. The van der Waals surface area contributed by atoms with Gasteiger partial charge in [0.25, 0.3) is 5.56 Å². The highest BCUT2D eigenvalue weighted by Gasteiger charge is 2.20. The second-order valence-electron chi connectivity index (χ2n) is 5.70. The summed E-state index contributed by atoms with van der Waals surface area (Å²) in [6, 6.07) is 0. The van der Waals surface area contributed by atoms with Gasteiger partial charge in [0.1, 0.15) is 15.5 Å². The van der Waals surface area contributed by atoms with Crippen molar-refractivity contribution in [3.8, 4) is 0 Å². The van der Waals surface area contributed by atoms with E-state index >= 15 is 0 Å². The summed E-state index contributed by atoms with van der Waals surface area (Å²) in [4.78, 5) is 44.0. The molecule has 1 amide bonds. The molecule has 8 nitrogen and oxygen atoms in total. The summed E-state index contributed by atoms with van der Waals surface area (Å²) in [5.41, 5.74) is 3.00. The van der Waals surface area contributed by atoms with Crippen LogP contribution in [-0.2, 0) is 15.3 Å². The van der Waals surface area contributed by atoms with E-state index in [1.54, 1.807) is 33.0 Å². The topological polar surface area (TPSA) is 104 Å². The number of hydrogen-bond acceptors (Lipinski definition) is 8. The van der Waals surface area contributed by atoms with Crippen LogP contribution in [-0.4, -0.2) is 53.3 Å². The quantitative estimate of drug-likeness (QED) is 0.396. The molecule has 0 saturated heterocycles. The molecule has 0 atom stereocenters. The van der Waals surface area contributed by atoms with E-state index in [-0.39, 0.29) is 18.1 Å². The molecule has 2 heterocycles. The highest BCUT2D eigenvalue weighted by molar-refractivity contribution is 7.98. The molecule has 2 aromatic rings. The lowest BCUT2D eigenvalue weighted by molar-refractivity contribution is -0.124. The first-order valence-corrected chi connectivity index (χ1v) is 10.0. The zero-order chi connectivity index (χ0) is 19.3. The molecular weight excluding hydrogens is 376 g/mol. The van der Waals surface area contributed by atoms with Gasteiger partial charge in [0.2, 0.25) is 5.91 Å². The van der Waals surface area contributed by atoms with Gasteiger partial charge in [0.05, 0.1) is 17.7 Å². The zero-order valence-electron chi connectivity index (χ0n) is 15.2. The first-order chi connectivity index (χ1) is 12.3. The molecule has 2 N–H and O–H groups in total. The Balaban J connectivity index is 2.07. The number of esters is 1. The maximum absolute atomic E-state index is 12.4. The van der Waals surface area contributed by atoms with Crippen LogP contribution in [0.1, 0.15) is 34.4 Å². The number of amides is 1. The lowest BCUT2D eigenvalue weighted by Crippen LogP contribution is -2.36. The minimum atomic E-state index is -0.435. The van der Waals surface area contributed by atoms with Crippen molar-refractivity contribution in [2.24, 2.45) is 0 Å². The molecule has 0 aliphatic heterocycles. The van der Waals surface area contributed by atoms with E-state index in [0.717, 1.165) is 0 Å². The third-order valence-electron chi connectivity index (χ3n) is 3.37. The van der Waals surface area contributed by atoms with Crippen molar-refractivity contribution in [3.05, 3.63) is 26.6 Å². The molecule has 142 valence electrons. The number of hydrogen-bond donors (Lipinski definition) is 2. The molecule has 0 saturated carbocycles. The fourth-order valence-corrected chi connectivity index (χ4v) is 4.19. The fraction of sp³-hybridized carbons (Fsp3) is 0.500. The van der Waals surface area contributed by atoms with Gasteiger partial charge in [0.15, 0.2) is 0 Å². The number of thioether (sulfide) groups is 1. The van der Waals surface area contributed by atoms with Crippen LogP contribution >= 0.6 is 23.1 Å². The van der Waals surface area contributed by atoms with E-state index < -0.39 is 5.97 Å². The molecule has 26 heavy (non-hydrogen) atoms. The van der Waals surface area contributed by atoms with E-state index in [9.17, 15) is 14.4 Å².